The maximum atomic E-state index is 12.8. The van der Waals surface area contributed by atoms with Gasteiger partial charge in [-0.25, -0.2) is 0 Å². The molecule has 0 radical (unpaired) electrons. The topological polar surface area (TPSA) is 78.9 Å². The van der Waals surface area contributed by atoms with E-state index in [1.165, 1.54) is 51.4 Å². The van der Waals surface area contributed by atoms with Crippen molar-refractivity contribution in [1.29, 1.82) is 0 Å². The maximum Gasteiger partial charge on any atom is 0.306 e. The van der Waals surface area contributed by atoms with E-state index >= 15 is 0 Å². The summed E-state index contributed by atoms with van der Waals surface area (Å²) in [6.07, 6.45) is 81.5. The first-order valence-corrected chi connectivity index (χ1v) is 28.7. The van der Waals surface area contributed by atoms with Gasteiger partial charge in [-0.15, -0.1) is 0 Å². The van der Waals surface area contributed by atoms with Gasteiger partial charge in [0, 0.05) is 19.3 Å². The van der Waals surface area contributed by atoms with Crippen molar-refractivity contribution in [1.82, 2.24) is 0 Å². The van der Waals surface area contributed by atoms with E-state index in [1.54, 1.807) is 0 Å². The van der Waals surface area contributed by atoms with Crippen LogP contribution in [0.5, 0.6) is 0 Å². The van der Waals surface area contributed by atoms with Crippen molar-refractivity contribution >= 4 is 17.9 Å². The van der Waals surface area contributed by atoms with Crippen LogP contribution in [0.3, 0.4) is 0 Å². The number of hydrogen-bond donors (Lipinski definition) is 0. The largest absolute Gasteiger partial charge is 0.462 e. The molecule has 0 aromatic rings. The number of unbranched alkanes of at least 4 members (excludes halogenated alkanes) is 17. The highest BCUT2D eigenvalue weighted by Gasteiger charge is 2.19. The van der Waals surface area contributed by atoms with Crippen molar-refractivity contribution in [2.75, 3.05) is 13.2 Å². The summed E-state index contributed by atoms with van der Waals surface area (Å²) in [7, 11) is 0. The van der Waals surface area contributed by atoms with E-state index in [2.05, 4.69) is 154 Å². The van der Waals surface area contributed by atoms with Crippen LogP contribution in [-0.4, -0.2) is 37.2 Å². The third kappa shape index (κ3) is 56.3. The SMILES string of the molecule is CC/C=C\C/C=C\C/C=C\C/C=C\C/C=C\C/C=C\C/C=C\CCCC(=O)OCC(COC(=O)CCCCCCC/C=C\C/C=C\CCCC)OC(=O)CCCCCCC/C=C\C/C=C\CCCCCC. The van der Waals surface area contributed by atoms with Crippen molar-refractivity contribution in [2.24, 2.45) is 0 Å². The zero-order valence-electron chi connectivity index (χ0n) is 45.7. The van der Waals surface area contributed by atoms with Crippen LogP contribution in [-0.2, 0) is 28.6 Å². The Labute approximate surface area is 436 Å². The Morgan fingerprint density at radius 2 is 0.577 bits per heavy atom. The summed E-state index contributed by atoms with van der Waals surface area (Å²) in [6, 6.07) is 0. The molecule has 0 aliphatic carbocycles. The van der Waals surface area contributed by atoms with Gasteiger partial charge in [0.15, 0.2) is 6.10 Å². The Morgan fingerprint density at radius 3 is 0.958 bits per heavy atom. The second kappa shape index (κ2) is 58.1. The molecule has 0 bridgehead atoms. The predicted octanol–water partition coefficient (Wildman–Crippen LogP) is 19.4. The molecule has 0 aromatic carbocycles. The van der Waals surface area contributed by atoms with E-state index in [0.29, 0.717) is 19.3 Å². The van der Waals surface area contributed by atoms with E-state index in [9.17, 15) is 14.4 Å². The first-order chi connectivity index (χ1) is 35.0. The normalized spacial score (nSPS) is 13.1. The highest BCUT2D eigenvalue weighted by atomic mass is 16.6. The van der Waals surface area contributed by atoms with Gasteiger partial charge in [0.25, 0.3) is 0 Å². The molecule has 0 amide bonds. The quantitative estimate of drug-likeness (QED) is 0.0262. The first-order valence-electron chi connectivity index (χ1n) is 28.7. The number of hydrogen-bond acceptors (Lipinski definition) is 6. The predicted molar refractivity (Wildman–Crippen MR) is 306 cm³/mol. The van der Waals surface area contributed by atoms with E-state index in [-0.39, 0.29) is 37.5 Å². The summed E-state index contributed by atoms with van der Waals surface area (Å²) >= 11 is 0. The van der Waals surface area contributed by atoms with E-state index in [0.717, 1.165) is 141 Å². The lowest BCUT2D eigenvalue weighted by molar-refractivity contribution is -0.167. The van der Waals surface area contributed by atoms with E-state index in [1.807, 2.05) is 0 Å². The fourth-order valence-corrected chi connectivity index (χ4v) is 7.30. The Hall–Kier alpha value is -4.45. The summed E-state index contributed by atoms with van der Waals surface area (Å²) in [5.41, 5.74) is 0. The molecular formula is C65H104O6. The van der Waals surface area contributed by atoms with Crippen molar-refractivity contribution < 1.29 is 28.6 Å². The van der Waals surface area contributed by atoms with Gasteiger partial charge in [-0.1, -0.05) is 225 Å². The highest BCUT2D eigenvalue weighted by molar-refractivity contribution is 5.71. The number of carbonyl (C=O) groups is 3. The third-order valence-corrected chi connectivity index (χ3v) is 11.6. The molecule has 6 nitrogen and oxygen atoms in total. The van der Waals surface area contributed by atoms with Gasteiger partial charge in [0.2, 0.25) is 0 Å². The second-order valence-electron chi connectivity index (χ2n) is 18.5. The molecule has 71 heavy (non-hydrogen) atoms. The molecule has 6 heteroatoms. The minimum absolute atomic E-state index is 0.114. The Balaban J connectivity index is 4.53. The van der Waals surface area contributed by atoms with Gasteiger partial charge in [-0.2, -0.15) is 0 Å². The van der Waals surface area contributed by atoms with Crippen LogP contribution in [0.1, 0.15) is 239 Å². The fourth-order valence-electron chi connectivity index (χ4n) is 7.30. The average Bonchev–Trinajstić information content (AvgIpc) is 3.37. The van der Waals surface area contributed by atoms with Crippen molar-refractivity contribution in [3.8, 4) is 0 Å². The number of allylic oxidation sites excluding steroid dienone is 22. The molecule has 0 aromatic heterocycles. The summed E-state index contributed by atoms with van der Waals surface area (Å²) in [5, 5.41) is 0. The minimum Gasteiger partial charge on any atom is -0.462 e. The molecule has 0 aliphatic heterocycles. The molecule has 0 aliphatic rings. The van der Waals surface area contributed by atoms with Gasteiger partial charge < -0.3 is 14.2 Å². The lowest BCUT2D eigenvalue weighted by Gasteiger charge is -2.18. The maximum absolute atomic E-state index is 12.8. The molecular weight excluding hydrogens is 877 g/mol. The Morgan fingerprint density at radius 1 is 0.296 bits per heavy atom. The minimum atomic E-state index is -0.820. The van der Waals surface area contributed by atoms with E-state index in [4.69, 9.17) is 14.2 Å². The van der Waals surface area contributed by atoms with Gasteiger partial charge in [-0.3, -0.25) is 14.4 Å². The zero-order chi connectivity index (χ0) is 51.4. The fraction of sp³-hybridized carbons (Fsp3) is 0.615. The van der Waals surface area contributed by atoms with Crippen molar-refractivity contribution in [2.45, 2.75) is 245 Å². The van der Waals surface area contributed by atoms with Gasteiger partial charge in [-0.05, 0) is 128 Å². The molecule has 0 saturated heterocycles. The van der Waals surface area contributed by atoms with Gasteiger partial charge >= 0.3 is 17.9 Å². The van der Waals surface area contributed by atoms with Crippen LogP contribution < -0.4 is 0 Å². The van der Waals surface area contributed by atoms with Crippen LogP contribution in [0.4, 0.5) is 0 Å². The van der Waals surface area contributed by atoms with Crippen LogP contribution in [0.2, 0.25) is 0 Å². The Bertz CT molecular complexity index is 1550. The van der Waals surface area contributed by atoms with Gasteiger partial charge in [0.05, 0.1) is 0 Å². The average molecular weight is 982 g/mol. The zero-order valence-corrected chi connectivity index (χ0v) is 45.7. The smallest absolute Gasteiger partial charge is 0.306 e. The summed E-state index contributed by atoms with van der Waals surface area (Å²) in [6.45, 7) is 6.38. The first kappa shape index (κ1) is 66.6. The standard InChI is InChI=1S/C65H104O6/c1-4-7-10-13-16-19-22-25-28-30-31-32-33-34-35-36-38-40-43-46-49-52-55-58-64(67)70-61-62(60-69-63(66)57-54-51-48-45-42-39-27-24-21-18-15-12-9-6-3)71-65(68)59-56-53-50-47-44-41-37-29-26-23-20-17-14-11-8-5-2/h7,10,15-16,18-20,23-25,27-29,31-32,34-35,37-38,40,46,49,62H,4-6,8-9,11-14,17,21-22,26,30,33,36,39,41-45,47-48,50-61H2,1-3H3/b10-7-,18-15-,19-16-,23-20-,27-24-,28-25-,32-31-,35-34-,37-29-,40-38-,49-46-. The lowest BCUT2D eigenvalue weighted by Crippen LogP contribution is -2.30. The van der Waals surface area contributed by atoms with Crippen LogP contribution in [0, 0.1) is 0 Å². The number of ether oxygens (including phenoxy) is 3. The summed E-state index contributed by atoms with van der Waals surface area (Å²) < 4.78 is 16.8. The molecule has 0 N–H and O–H groups in total. The molecule has 400 valence electrons. The summed E-state index contributed by atoms with van der Waals surface area (Å²) in [5.74, 6) is -1.01. The molecule has 1 atom stereocenters. The van der Waals surface area contributed by atoms with Crippen molar-refractivity contribution in [3.05, 3.63) is 134 Å². The molecule has 0 spiro atoms. The second-order valence-corrected chi connectivity index (χ2v) is 18.5. The van der Waals surface area contributed by atoms with Crippen molar-refractivity contribution in [3.63, 3.8) is 0 Å². The highest BCUT2D eigenvalue weighted by Crippen LogP contribution is 2.13. The molecule has 0 heterocycles. The third-order valence-electron chi connectivity index (χ3n) is 11.6. The van der Waals surface area contributed by atoms with E-state index < -0.39 is 6.10 Å². The monoisotopic (exact) mass is 981 g/mol. The number of esters is 3. The lowest BCUT2D eigenvalue weighted by atomic mass is 10.1. The molecule has 1 unspecified atom stereocenters. The number of rotatable bonds is 50. The van der Waals surface area contributed by atoms with Crippen LogP contribution in [0.15, 0.2) is 134 Å². The molecule has 0 fully saturated rings. The number of carbonyl (C=O) groups excluding carboxylic acids is 3. The van der Waals surface area contributed by atoms with Gasteiger partial charge in [0.1, 0.15) is 13.2 Å². The Kier molecular flexibility index (Phi) is 54.5. The molecule has 0 rings (SSSR count). The summed E-state index contributed by atoms with van der Waals surface area (Å²) in [4.78, 5) is 38.1. The van der Waals surface area contributed by atoms with Crippen LogP contribution >= 0.6 is 0 Å². The molecule has 0 saturated carbocycles. The van der Waals surface area contributed by atoms with Crippen LogP contribution in [0.25, 0.3) is 0 Å².